The van der Waals surface area contributed by atoms with E-state index >= 15 is 0 Å². The second-order valence-electron chi connectivity index (χ2n) is 24.3. The standard InChI is InChI=1S/C50H83NO5Si2/c1-34(2)37-20-26-50(45(54)51-29-23-42(52)55-30-32-57(8,9)10)28-27-48(6)39(43(37)50)18-19-41-47(5)24-21-38(46(3,4)40(47)22-25-49(41,48)7)35-14-16-36(17-15-35)44(53)56-31-33-58(11,12)13/h14-17,34,37-41,43H,18-33H2,1-13H3,(H,51,54)/t37-,38+,39+,40-,41+,43+,47-,48+,49+,50-/m0/s1. The molecule has 0 unspecified atom stereocenters. The fourth-order valence-corrected chi connectivity index (χ4v) is 16.2. The van der Waals surface area contributed by atoms with Crippen molar-refractivity contribution < 1.29 is 23.9 Å². The van der Waals surface area contributed by atoms with Crippen molar-refractivity contribution in [2.75, 3.05) is 19.8 Å². The van der Waals surface area contributed by atoms with Crippen molar-refractivity contribution >= 4 is 34.0 Å². The molecule has 0 heterocycles. The molecule has 0 spiro atoms. The summed E-state index contributed by atoms with van der Waals surface area (Å²) in [5.74, 6) is 3.64. The number of carbonyl (C=O) groups is 3. The molecule has 1 N–H and O–H groups in total. The summed E-state index contributed by atoms with van der Waals surface area (Å²) in [6.07, 6.45) is 11.9. The zero-order chi connectivity index (χ0) is 42.7. The van der Waals surface area contributed by atoms with E-state index in [2.05, 4.69) is 105 Å². The lowest BCUT2D eigenvalue weighted by molar-refractivity contribution is -0.239. The Balaban J connectivity index is 1.17. The van der Waals surface area contributed by atoms with Gasteiger partial charge in [0, 0.05) is 22.7 Å². The normalized spacial score (nSPS) is 36.9. The van der Waals surface area contributed by atoms with Gasteiger partial charge in [-0.3, -0.25) is 9.59 Å². The number of hydrogen-bond acceptors (Lipinski definition) is 5. The van der Waals surface area contributed by atoms with Crippen LogP contribution in [0.1, 0.15) is 141 Å². The third-order valence-electron chi connectivity index (χ3n) is 18.2. The van der Waals surface area contributed by atoms with Crippen LogP contribution >= 0.6 is 0 Å². The fourth-order valence-electron chi connectivity index (χ4n) is 14.8. The van der Waals surface area contributed by atoms with E-state index in [1.807, 2.05) is 12.1 Å². The average Bonchev–Trinajstić information content (AvgIpc) is 3.52. The first-order valence-corrected chi connectivity index (χ1v) is 31.0. The molecule has 58 heavy (non-hydrogen) atoms. The highest BCUT2D eigenvalue weighted by Gasteiger charge is 2.72. The molecular formula is C50H83NO5Si2. The molecule has 5 aliphatic carbocycles. The van der Waals surface area contributed by atoms with Crippen molar-refractivity contribution in [1.29, 1.82) is 0 Å². The number of nitrogens with one attached hydrogen (secondary N) is 1. The van der Waals surface area contributed by atoms with Crippen molar-refractivity contribution in [2.45, 2.75) is 176 Å². The first-order valence-electron chi connectivity index (χ1n) is 23.6. The maximum Gasteiger partial charge on any atom is 0.338 e. The molecule has 6 nitrogen and oxygen atoms in total. The summed E-state index contributed by atoms with van der Waals surface area (Å²) in [5.41, 5.74) is 2.54. The number of rotatable bonds is 13. The molecule has 0 saturated heterocycles. The SMILES string of the molecule is CC(C)[C@@H]1CC[C@]2(C(=O)NCCC(=O)OCC[Si](C)(C)C)CC[C@]3(C)[C@H](CC[C@@H]4[C@@]5(C)CC[C@H](c6ccc(C(=O)OCC[Si](C)(C)C)cc6)C(C)(C)[C@@H]5CC[C@]43C)[C@@H]12. The van der Waals surface area contributed by atoms with E-state index < -0.39 is 16.1 Å². The van der Waals surface area contributed by atoms with Crippen LogP contribution in [0, 0.1) is 62.6 Å². The Morgan fingerprint density at radius 2 is 1.36 bits per heavy atom. The lowest BCUT2D eigenvalue weighted by Crippen LogP contribution is -2.67. The van der Waals surface area contributed by atoms with Crippen LogP contribution in [0.2, 0.25) is 51.4 Å². The number of esters is 2. The van der Waals surface area contributed by atoms with Crippen molar-refractivity contribution in [2.24, 2.45) is 62.6 Å². The maximum atomic E-state index is 14.5. The minimum Gasteiger partial charge on any atom is -0.466 e. The summed E-state index contributed by atoms with van der Waals surface area (Å²) in [7, 11) is -2.53. The minimum absolute atomic E-state index is 0.139. The molecule has 5 fully saturated rings. The van der Waals surface area contributed by atoms with Gasteiger partial charge in [-0.05, 0) is 157 Å². The number of ether oxygens (including phenoxy) is 2. The highest BCUT2D eigenvalue weighted by molar-refractivity contribution is 6.76. The maximum absolute atomic E-state index is 14.5. The van der Waals surface area contributed by atoms with Gasteiger partial charge in [-0.25, -0.2) is 4.79 Å². The topological polar surface area (TPSA) is 81.7 Å². The molecule has 5 saturated carbocycles. The van der Waals surface area contributed by atoms with Gasteiger partial charge in [0.25, 0.3) is 0 Å². The molecule has 6 rings (SSSR count). The molecule has 1 aromatic rings. The first kappa shape index (κ1) is 45.6. The predicted molar refractivity (Wildman–Crippen MR) is 243 cm³/mol. The van der Waals surface area contributed by atoms with Crippen LogP contribution < -0.4 is 5.32 Å². The average molecular weight is 834 g/mol. The van der Waals surface area contributed by atoms with Gasteiger partial charge in [0.05, 0.1) is 30.6 Å². The van der Waals surface area contributed by atoms with Crippen LogP contribution in [0.25, 0.3) is 0 Å². The van der Waals surface area contributed by atoms with Crippen LogP contribution in [-0.2, 0) is 19.1 Å². The van der Waals surface area contributed by atoms with E-state index in [9.17, 15) is 14.4 Å². The molecule has 0 radical (unpaired) electrons. The van der Waals surface area contributed by atoms with Gasteiger partial charge in [-0.2, -0.15) is 0 Å². The highest BCUT2D eigenvalue weighted by atomic mass is 28.3. The largest absolute Gasteiger partial charge is 0.466 e. The molecule has 10 atom stereocenters. The van der Waals surface area contributed by atoms with Crippen molar-refractivity contribution in [1.82, 2.24) is 5.32 Å². The molecule has 1 aromatic carbocycles. The van der Waals surface area contributed by atoms with Crippen molar-refractivity contribution in [3.63, 3.8) is 0 Å². The molecule has 0 aliphatic heterocycles. The Hall–Kier alpha value is -1.94. The molecule has 1 amide bonds. The van der Waals surface area contributed by atoms with Gasteiger partial charge in [0.1, 0.15) is 0 Å². The number of hydrogen-bond donors (Lipinski definition) is 1. The quantitative estimate of drug-likeness (QED) is 0.158. The molecule has 8 heteroatoms. The summed E-state index contributed by atoms with van der Waals surface area (Å²) in [4.78, 5) is 40.1. The zero-order valence-corrected chi connectivity index (χ0v) is 41.2. The third kappa shape index (κ3) is 8.34. The van der Waals surface area contributed by atoms with Crippen molar-refractivity contribution in [3.05, 3.63) is 35.4 Å². The Bertz CT molecular complexity index is 1660. The van der Waals surface area contributed by atoms with Crippen LogP contribution in [0.5, 0.6) is 0 Å². The van der Waals surface area contributed by atoms with E-state index in [0.29, 0.717) is 66.7 Å². The number of carbonyl (C=O) groups excluding carboxylic acids is 3. The van der Waals surface area contributed by atoms with E-state index in [1.54, 1.807) is 0 Å². The van der Waals surface area contributed by atoms with Crippen LogP contribution in [0.4, 0.5) is 0 Å². The van der Waals surface area contributed by atoms with Crippen LogP contribution in [-0.4, -0.2) is 53.8 Å². The summed E-state index contributed by atoms with van der Waals surface area (Å²) >= 11 is 0. The van der Waals surface area contributed by atoms with E-state index in [4.69, 9.17) is 9.47 Å². The third-order valence-corrected chi connectivity index (χ3v) is 21.6. The Morgan fingerprint density at radius 3 is 1.98 bits per heavy atom. The van der Waals surface area contributed by atoms with Gasteiger partial charge in [0.2, 0.25) is 5.91 Å². The summed E-state index contributed by atoms with van der Waals surface area (Å²) in [6.45, 7) is 33.2. The van der Waals surface area contributed by atoms with Gasteiger partial charge >= 0.3 is 11.9 Å². The number of benzene rings is 1. The van der Waals surface area contributed by atoms with E-state index in [0.717, 1.165) is 37.8 Å². The molecular weight excluding hydrogens is 751 g/mol. The summed E-state index contributed by atoms with van der Waals surface area (Å²) in [6, 6.07) is 10.4. The van der Waals surface area contributed by atoms with Crippen LogP contribution in [0.15, 0.2) is 24.3 Å². The zero-order valence-electron chi connectivity index (χ0n) is 39.2. The van der Waals surface area contributed by atoms with E-state index in [-0.39, 0.29) is 51.3 Å². The van der Waals surface area contributed by atoms with Crippen LogP contribution in [0.3, 0.4) is 0 Å². The fraction of sp³-hybridized carbons (Fsp3) is 0.820. The van der Waals surface area contributed by atoms with Gasteiger partial charge in [-0.15, -0.1) is 0 Å². The highest BCUT2D eigenvalue weighted by Crippen LogP contribution is 2.78. The monoisotopic (exact) mass is 834 g/mol. The predicted octanol–water partition coefficient (Wildman–Crippen LogP) is 12.4. The number of fused-ring (bicyclic) bond motifs is 7. The Labute approximate surface area is 355 Å². The second kappa shape index (κ2) is 16.4. The lowest BCUT2D eigenvalue weighted by Gasteiger charge is -2.73. The lowest BCUT2D eigenvalue weighted by atomic mass is 9.31. The van der Waals surface area contributed by atoms with E-state index in [1.165, 1.54) is 44.1 Å². The summed E-state index contributed by atoms with van der Waals surface area (Å²) in [5, 5.41) is 3.32. The first-order chi connectivity index (χ1) is 26.9. The molecule has 326 valence electrons. The minimum atomic E-state index is -1.27. The molecule has 5 aliphatic rings. The Kier molecular flexibility index (Phi) is 12.9. The Morgan fingerprint density at radius 1 is 0.724 bits per heavy atom. The smallest absolute Gasteiger partial charge is 0.338 e. The molecule has 0 aromatic heterocycles. The second-order valence-corrected chi connectivity index (χ2v) is 35.6. The van der Waals surface area contributed by atoms with Gasteiger partial charge in [-0.1, -0.05) is 99.9 Å². The van der Waals surface area contributed by atoms with Crippen molar-refractivity contribution in [3.8, 4) is 0 Å². The molecule has 0 bridgehead atoms. The summed E-state index contributed by atoms with van der Waals surface area (Å²) < 4.78 is 11.3. The van der Waals surface area contributed by atoms with Gasteiger partial charge < -0.3 is 14.8 Å². The number of amides is 1. The van der Waals surface area contributed by atoms with Gasteiger partial charge in [0.15, 0.2) is 0 Å².